The summed E-state index contributed by atoms with van der Waals surface area (Å²) in [5.74, 6) is -0.0303. The van der Waals surface area contributed by atoms with Crippen molar-refractivity contribution < 1.29 is 21.6 Å². The monoisotopic (exact) mass is 343 g/mol. The number of rotatable bonds is 4. The lowest BCUT2D eigenvalue weighted by molar-refractivity contribution is -0.142. The van der Waals surface area contributed by atoms with E-state index in [1.165, 1.54) is 0 Å². The van der Waals surface area contributed by atoms with Crippen LogP contribution in [0.1, 0.15) is 5.82 Å². The average molecular weight is 344 g/mol. The van der Waals surface area contributed by atoms with Crippen LogP contribution in [0, 0.1) is 6.92 Å². The number of aryl methyl sites for hydroxylation is 1. The maximum Gasteiger partial charge on any atom is 0.408 e. The molecule has 116 valence electrons. The van der Waals surface area contributed by atoms with Crippen molar-refractivity contribution in [1.29, 1.82) is 0 Å². The maximum atomic E-state index is 12.2. The second kappa shape index (κ2) is 5.22. The molecule has 0 unspecified atom stereocenters. The van der Waals surface area contributed by atoms with Gasteiger partial charge in [-0.2, -0.15) is 26.7 Å². The zero-order chi connectivity index (χ0) is 15.8. The third-order valence-electron chi connectivity index (χ3n) is 2.26. The van der Waals surface area contributed by atoms with Crippen LogP contribution in [0.5, 0.6) is 0 Å². The quantitative estimate of drug-likeness (QED) is 0.887. The molecule has 7 nitrogen and oxygen atoms in total. The van der Waals surface area contributed by atoms with Crippen molar-refractivity contribution in [1.82, 2.24) is 19.7 Å². The van der Waals surface area contributed by atoms with E-state index in [0.717, 1.165) is 12.4 Å². The third kappa shape index (κ3) is 3.88. The van der Waals surface area contributed by atoms with Crippen LogP contribution in [0.25, 0.3) is 0 Å². The van der Waals surface area contributed by atoms with E-state index in [1.54, 1.807) is 6.92 Å². The van der Waals surface area contributed by atoms with Crippen LogP contribution >= 0.6 is 11.6 Å². The van der Waals surface area contributed by atoms with Gasteiger partial charge in [0.05, 0.1) is 6.20 Å². The molecule has 0 saturated heterocycles. The van der Waals surface area contributed by atoms with Gasteiger partial charge in [0, 0.05) is 6.20 Å². The van der Waals surface area contributed by atoms with Crippen molar-refractivity contribution >= 4 is 27.4 Å². The number of sulfonamides is 1. The van der Waals surface area contributed by atoms with E-state index in [4.69, 9.17) is 11.6 Å². The summed E-state index contributed by atoms with van der Waals surface area (Å²) in [7, 11) is -4.05. The van der Waals surface area contributed by atoms with E-state index in [2.05, 4.69) is 15.1 Å². The Kier molecular flexibility index (Phi) is 3.89. The van der Waals surface area contributed by atoms with Gasteiger partial charge < -0.3 is 4.98 Å². The molecule has 2 aromatic heterocycles. The van der Waals surface area contributed by atoms with Crippen LogP contribution in [0.2, 0.25) is 5.02 Å². The number of nitrogens with zero attached hydrogens (tertiary/aromatic N) is 3. The molecule has 0 aromatic carbocycles. The van der Waals surface area contributed by atoms with Crippen molar-refractivity contribution in [2.24, 2.45) is 0 Å². The Bertz CT molecular complexity index is 752. The Hall–Kier alpha value is -1.75. The molecule has 0 spiro atoms. The van der Waals surface area contributed by atoms with E-state index in [1.807, 2.05) is 4.72 Å². The molecule has 0 aliphatic carbocycles. The predicted octanol–water partition coefficient (Wildman–Crippen LogP) is 1.93. The fraction of sp³-hybridized carbons (Fsp3) is 0.333. The first-order valence-electron chi connectivity index (χ1n) is 5.41. The number of anilines is 1. The predicted molar refractivity (Wildman–Crippen MR) is 67.4 cm³/mol. The van der Waals surface area contributed by atoms with Gasteiger partial charge in [0.2, 0.25) is 0 Å². The highest BCUT2D eigenvalue weighted by Gasteiger charge is 2.29. The highest BCUT2D eigenvalue weighted by atomic mass is 35.5. The minimum atomic E-state index is -4.49. The van der Waals surface area contributed by atoms with Crippen LogP contribution in [-0.2, 0) is 16.6 Å². The minimum Gasteiger partial charge on any atom is -0.332 e. The smallest absolute Gasteiger partial charge is 0.332 e. The van der Waals surface area contributed by atoms with Crippen molar-refractivity contribution in [3.63, 3.8) is 0 Å². The van der Waals surface area contributed by atoms with Gasteiger partial charge in [-0.05, 0) is 6.92 Å². The Labute approximate surface area is 122 Å². The van der Waals surface area contributed by atoms with Gasteiger partial charge in [0.25, 0.3) is 10.0 Å². The number of hydrogen-bond acceptors (Lipinski definition) is 4. The SMILES string of the molecule is Cc1ncc(S(=O)(=O)Nc2nn(CC(F)(F)F)cc2Cl)[nH]1. The number of H-pyrrole nitrogens is 1. The van der Waals surface area contributed by atoms with Crippen LogP contribution < -0.4 is 4.72 Å². The average Bonchev–Trinajstić information content (AvgIpc) is 2.84. The molecular formula is C9H9ClF3N5O2S. The summed E-state index contributed by atoms with van der Waals surface area (Å²) in [6.07, 6.45) is -2.55. The normalized spacial score (nSPS) is 12.6. The van der Waals surface area contributed by atoms with E-state index >= 15 is 0 Å². The third-order valence-corrected chi connectivity index (χ3v) is 3.78. The first kappa shape index (κ1) is 15.6. The molecule has 2 rings (SSSR count). The van der Waals surface area contributed by atoms with Crippen molar-refractivity contribution in [2.75, 3.05) is 4.72 Å². The molecular weight excluding hydrogens is 335 g/mol. The van der Waals surface area contributed by atoms with Crippen LogP contribution in [0.15, 0.2) is 17.4 Å². The first-order valence-corrected chi connectivity index (χ1v) is 7.27. The lowest BCUT2D eigenvalue weighted by Gasteiger charge is -2.05. The lowest BCUT2D eigenvalue weighted by atomic mass is 10.6. The van der Waals surface area contributed by atoms with Crippen LogP contribution in [0.3, 0.4) is 0 Å². The van der Waals surface area contributed by atoms with Gasteiger partial charge in [-0.15, -0.1) is 0 Å². The number of alkyl halides is 3. The molecule has 0 aliphatic heterocycles. The number of aromatic amines is 1. The summed E-state index contributed by atoms with van der Waals surface area (Å²) in [4.78, 5) is 6.20. The summed E-state index contributed by atoms with van der Waals surface area (Å²) in [5.41, 5.74) is 0. The Balaban J connectivity index is 2.24. The van der Waals surface area contributed by atoms with Crippen LogP contribution in [-0.4, -0.2) is 34.3 Å². The number of hydrogen-bond donors (Lipinski definition) is 2. The van der Waals surface area contributed by atoms with Gasteiger partial charge in [-0.1, -0.05) is 11.6 Å². The zero-order valence-corrected chi connectivity index (χ0v) is 12.0. The first-order chi connectivity index (χ1) is 9.57. The largest absolute Gasteiger partial charge is 0.408 e. The number of imidazole rings is 1. The molecule has 0 radical (unpaired) electrons. The maximum absolute atomic E-state index is 12.2. The van der Waals surface area contributed by atoms with Gasteiger partial charge >= 0.3 is 6.18 Å². The van der Waals surface area contributed by atoms with E-state index in [0.29, 0.717) is 10.5 Å². The molecule has 21 heavy (non-hydrogen) atoms. The molecule has 12 heteroatoms. The molecule has 0 aliphatic rings. The summed E-state index contributed by atoms with van der Waals surface area (Å²) < 4.78 is 63.1. The summed E-state index contributed by atoms with van der Waals surface area (Å²) in [5, 5.41) is 2.95. The van der Waals surface area contributed by atoms with E-state index in [-0.39, 0.29) is 10.0 Å². The standard InChI is InChI=1S/C9H9ClF3N5O2S/c1-5-14-2-7(15-5)21(19,20)17-8-6(10)3-18(16-8)4-9(11,12)13/h2-3H,4H2,1H3,(H,14,15)(H,16,17). The summed E-state index contributed by atoms with van der Waals surface area (Å²) in [6.45, 7) is 0.168. The Morgan fingerprint density at radius 1 is 1.48 bits per heavy atom. The number of halogens is 4. The molecule has 0 amide bonds. The minimum absolute atomic E-state index is 0.249. The topological polar surface area (TPSA) is 92.7 Å². The van der Waals surface area contributed by atoms with Gasteiger partial charge in [0.1, 0.15) is 17.4 Å². The summed E-state index contributed by atoms with van der Waals surface area (Å²) >= 11 is 5.67. The van der Waals surface area contributed by atoms with Crippen molar-refractivity contribution in [3.05, 3.63) is 23.2 Å². The van der Waals surface area contributed by atoms with Gasteiger partial charge in [-0.25, -0.2) is 4.98 Å². The van der Waals surface area contributed by atoms with Crippen molar-refractivity contribution in [3.8, 4) is 0 Å². The highest BCUT2D eigenvalue weighted by Crippen LogP contribution is 2.25. The molecule has 0 atom stereocenters. The lowest BCUT2D eigenvalue weighted by Crippen LogP contribution is -2.19. The van der Waals surface area contributed by atoms with Crippen molar-refractivity contribution in [2.45, 2.75) is 24.7 Å². The fourth-order valence-electron chi connectivity index (χ4n) is 1.45. The summed E-state index contributed by atoms with van der Waals surface area (Å²) in [6, 6.07) is 0. The fourth-order valence-corrected chi connectivity index (χ4v) is 2.69. The number of nitrogens with one attached hydrogen (secondary N) is 2. The second-order valence-corrected chi connectivity index (χ2v) is 6.13. The molecule has 2 N–H and O–H groups in total. The Morgan fingerprint density at radius 3 is 2.67 bits per heavy atom. The highest BCUT2D eigenvalue weighted by molar-refractivity contribution is 7.92. The molecule has 0 saturated carbocycles. The van der Waals surface area contributed by atoms with Gasteiger partial charge in [0.15, 0.2) is 10.8 Å². The Morgan fingerprint density at radius 2 is 2.14 bits per heavy atom. The second-order valence-electron chi connectivity index (χ2n) is 4.08. The number of aromatic nitrogens is 4. The molecule has 2 heterocycles. The van der Waals surface area contributed by atoms with E-state index in [9.17, 15) is 21.6 Å². The molecule has 0 bridgehead atoms. The van der Waals surface area contributed by atoms with Crippen LogP contribution in [0.4, 0.5) is 19.0 Å². The van der Waals surface area contributed by atoms with E-state index < -0.39 is 28.6 Å². The zero-order valence-electron chi connectivity index (χ0n) is 10.4. The molecule has 2 aromatic rings. The van der Waals surface area contributed by atoms with Gasteiger partial charge in [-0.3, -0.25) is 9.40 Å². The molecule has 0 fully saturated rings.